The number of carbonyl (C=O) groups excluding carboxylic acids is 3. The molecule has 0 bridgehead atoms. The van der Waals surface area contributed by atoms with Crippen LogP contribution in [0.15, 0.2) is 48.5 Å². The first kappa shape index (κ1) is 22.2. The standard InChI is InChI=1S/C20H22FN3O4S/c1-13-7-9-15(10-8-13)22-18(25)11-29-12-19(26)23-24-20(27)14(2)28-17-6-4-3-5-16(17)21/h3-10,14H,11-12H2,1-2H3,(H,22,25)(H,23,26)(H,24,27)/t14-/m1/s1. The van der Waals surface area contributed by atoms with E-state index in [0.29, 0.717) is 5.69 Å². The van der Waals surface area contributed by atoms with Crippen LogP contribution in [0.1, 0.15) is 12.5 Å². The van der Waals surface area contributed by atoms with E-state index < -0.39 is 23.7 Å². The Bertz CT molecular complexity index is 861. The second-order valence-corrected chi connectivity index (χ2v) is 7.12. The van der Waals surface area contributed by atoms with Gasteiger partial charge in [-0.3, -0.25) is 25.2 Å². The minimum absolute atomic E-state index is 0.0237. The molecule has 0 aliphatic heterocycles. The molecule has 0 radical (unpaired) electrons. The monoisotopic (exact) mass is 419 g/mol. The van der Waals surface area contributed by atoms with Crippen LogP contribution in [0, 0.1) is 12.7 Å². The molecule has 0 saturated heterocycles. The van der Waals surface area contributed by atoms with E-state index in [2.05, 4.69) is 16.2 Å². The lowest BCUT2D eigenvalue weighted by Crippen LogP contribution is -2.47. The number of hydrogen-bond acceptors (Lipinski definition) is 5. The van der Waals surface area contributed by atoms with Crippen molar-refractivity contribution >= 4 is 35.2 Å². The smallest absolute Gasteiger partial charge is 0.279 e. The number of hydrogen-bond donors (Lipinski definition) is 3. The van der Waals surface area contributed by atoms with Gasteiger partial charge in [0.05, 0.1) is 11.5 Å². The van der Waals surface area contributed by atoms with Crippen molar-refractivity contribution in [1.29, 1.82) is 0 Å². The lowest BCUT2D eigenvalue weighted by atomic mass is 10.2. The maximum absolute atomic E-state index is 13.5. The van der Waals surface area contributed by atoms with Crippen molar-refractivity contribution in [1.82, 2.24) is 10.9 Å². The average molecular weight is 419 g/mol. The molecular weight excluding hydrogens is 397 g/mol. The Morgan fingerprint density at radius 2 is 1.66 bits per heavy atom. The highest BCUT2D eigenvalue weighted by molar-refractivity contribution is 8.00. The lowest BCUT2D eigenvalue weighted by molar-refractivity contribution is -0.132. The Labute approximate surface area is 172 Å². The SMILES string of the molecule is Cc1ccc(NC(=O)CSCC(=O)NNC(=O)[C@@H](C)Oc2ccccc2F)cc1. The van der Waals surface area contributed by atoms with Crippen LogP contribution < -0.4 is 20.9 Å². The first-order valence-electron chi connectivity index (χ1n) is 8.79. The fourth-order valence-corrected chi connectivity index (χ4v) is 2.74. The molecular formula is C20H22FN3O4S. The van der Waals surface area contributed by atoms with E-state index in [4.69, 9.17) is 4.74 Å². The van der Waals surface area contributed by atoms with E-state index in [-0.39, 0.29) is 23.2 Å². The number of aryl methyl sites for hydroxylation is 1. The van der Waals surface area contributed by atoms with Gasteiger partial charge in [-0.2, -0.15) is 0 Å². The van der Waals surface area contributed by atoms with Gasteiger partial charge in [0.1, 0.15) is 0 Å². The Morgan fingerprint density at radius 3 is 2.34 bits per heavy atom. The van der Waals surface area contributed by atoms with Gasteiger partial charge in [-0.15, -0.1) is 11.8 Å². The second kappa shape index (κ2) is 11.1. The van der Waals surface area contributed by atoms with E-state index in [1.807, 2.05) is 19.1 Å². The summed E-state index contributed by atoms with van der Waals surface area (Å²) in [5.74, 6) is -1.93. The molecule has 3 N–H and O–H groups in total. The summed E-state index contributed by atoms with van der Waals surface area (Å²) in [6.45, 7) is 3.38. The average Bonchev–Trinajstić information content (AvgIpc) is 2.69. The summed E-state index contributed by atoms with van der Waals surface area (Å²) in [6, 6.07) is 13.1. The molecule has 7 nitrogen and oxygen atoms in total. The molecule has 29 heavy (non-hydrogen) atoms. The van der Waals surface area contributed by atoms with Crippen LogP contribution in [0.5, 0.6) is 5.75 Å². The highest BCUT2D eigenvalue weighted by atomic mass is 32.2. The van der Waals surface area contributed by atoms with E-state index >= 15 is 0 Å². The molecule has 154 valence electrons. The maximum Gasteiger partial charge on any atom is 0.279 e. The third kappa shape index (κ3) is 7.82. The number of carbonyl (C=O) groups is 3. The number of para-hydroxylation sites is 1. The molecule has 0 unspecified atom stereocenters. The number of hydrazine groups is 1. The Morgan fingerprint density at radius 1 is 1.00 bits per heavy atom. The zero-order valence-corrected chi connectivity index (χ0v) is 16.8. The summed E-state index contributed by atoms with van der Waals surface area (Å²) in [5, 5.41) is 2.73. The van der Waals surface area contributed by atoms with Crippen molar-refractivity contribution < 1.29 is 23.5 Å². The molecule has 0 saturated carbocycles. The molecule has 2 rings (SSSR count). The molecule has 1 atom stereocenters. The van der Waals surface area contributed by atoms with Crippen LogP contribution in [-0.2, 0) is 14.4 Å². The number of thioether (sulfide) groups is 1. The lowest BCUT2D eigenvalue weighted by Gasteiger charge is -2.15. The van der Waals surface area contributed by atoms with Crippen LogP contribution in [0.3, 0.4) is 0 Å². The topological polar surface area (TPSA) is 96.5 Å². The van der Waals surface area contributed by atoms with Gasteiger partial charge in [-0.25, -0.2) is 4.39 Å². The molecule has 2 aromatic carbocycles. The number of amides is 3. The third-order valence-corrected chi connectivity index (χ3v) is 4.57. The molecule has 0 aliphatic rings. The summed E-state index contributed by atoms with van der Waals surface area (Å²) in [6.07, 6.45) is -1.01. The largest absolute Gasteiger partial charge is 0.478 e. The van der Waals surface area contributed by atoms with Crippen LogP contribution in [0.4, 0.5) is 10.1 Å². The molecule has 9 heteroatoms. The number of benzene rings is 2. The number of nitrogens with one attached hydrogen (secondary N) is 3. The van der Waals surface area contributed by atoms with Crippen LogP contribution >= 0.6 is 11.8 Å². The van der Waals surface area contributed by atoms with E-state index in [0.717, 1.165) is 17.3 Å². The Kier molecular flexibility index (Phi) is 8.47. The zero-order valence-electron chi connectivity index (χ0n) is 16.0. The van der Waals surface area contributed by atoms with E-state index in [1.54, 1.807) is 18.2 Å². The molecule has 0 spiro atoms. The summed E-state index contributed by atoms with van der Waals surface area (Å²) >= 11 is 1.10. The van der Waals surface area contributed by atoms with Crippen molar-refractivity contribution in [2.24, 2.45) is 0 Å². The zero-order chi connectivity index (χ0) is 21.2. The normalized spacial score (nSPS) is 11.3. The van der Waals surface area contributed by atoms with E-state index in [1.165, 1.54) is 25.1 Å². The first-order chi connectivity index (χ1) is 13.8. The highest BCUT2D eigenvalue weighted by Gasteiger charge is 2.17. The number of anilines is 1. The van der Waals surface area contributed by atoms with Crippen molar-refractivity contribution in [3.05, 3.63) is 59.9 Å². The number of rotatable bonds is 8. The predicted octanol–water partition coefficient (Wildman–Crippen LogP) is 2.42. The van der Waals surface area contributed by atoms with Crippen molar-refractivity contribution in [3.63, 3.8) is 0 Å². The summed E-state index contributed by atoms with van der Waals surface area (Å²) in [4.78, 5) is 35.6. The van der Waals surface area contributed by atoms with Crippen LogP contribution in [-0.4, -0.2) is 35.3 Å². The molecule has 0 heterocycles. The van der Waals surface area contributed by atoms with Gasteiger partial charge in [0, 0.05) is 5.69 Å². The van der Waals surface area contributed by atoms with Gasteiger partial charge in [0.25, 0.3) is 5.91 Å². The quantitative estimate of drug-likeness (QED) is 0.571. The Hall–Kier alpha value is -3.07. The third-order valence-electron chi connectivity index (χ3n) is 3.64. The minimum atomic E-state index is -1.01. The highest BCUT2D eigenvalue weighted by Crippen LogP contribution is 2.16. The molecule has 0 aliphatic carbocycles. The maximum atomic E-state index is 13.5. The van der Waals surface area contributed by atoms with Crippen molar-refractivity contribution in [3.8, 4) is 5.75 Å². The van der Waals surface area contributed by atoms with Crippen molar-refractivity contribution in [2.45, 2.75) is 20.0 Å². The van der Waals surface area contributed by atoms with E-state index in [9.17, 15) is 18.8 Å². The van der Waals surface area contributed by atoms with Gasteiger partial charge < -0.3 is 10.1 Å². The molecule has 0 fully saturated rings. The van der Waals surface area contributed by atoms with Crippen molar-refractivity contribution in [2.75, 3.05) is 16.8 Å². The fourth-order valence-electron chi connectivity index (χ4n) is 2.12. The molecule has 3 amide bonds. The summed E-state index contributed by atoms with van der Waals surface area (Å²) < 4.78 is 18.7. The predicted molar refractivity (Wildman–Crippen MR) is 110 cm³/mol. The molecule has 0 aromatic heterocycles. The number of halogens is 1. The fraction of sp³-hybridized carbons (Fsp3) is 0.250. The van der Waals surface area contributed by atoms with Gasteiger partial charge >= 0.3 is 0 Å². The minimum Gasteiger partial charge on any atom is -0.478 e. The van der Waals surface area contributed by atoms with Crippen LogP contribution in [0.2, 0.25) is 0 Å². The second-order valence-electron chi connectivity index (χ2n) is 6.13. The van der Waals surface area contributed by atoms with Gasteiger partial charge in [-0.1, -0.05) is 29.8 Å². The Balaban J connectivity index is 1.64. The van der Waals surface area contributed by atoms with Gasteiger partial charge in [-0.05, 0) is 38.1 Å². The van der Waals surface area contributed by atoms with Crippen LogP contribution in [0.25, 0.3) is 0 Å². The first-order valence-corrected chi connectivity index (χ1v) is 9.95. The van der Waals surface area contributed by atoms with Gasteiger partial charge in [0.2, 0.25) is 11.8 Å². The summed E-state index contributed by atoms with van der Waals surface area (Å²) in [7, 11) is 0. The van der Waals surface area contributed by atoms with Gasteiger partial charge in [0.15, 0.2) is 17.7 Å². The number of ether oxygens (including phenoxy) is 1. The summed E-state index contributed by atoms with van der Waals surface area (Å²) in [5.41, 5.74) is 6.20. The molecule has 2 aromatic rings.